The number of amides is 2. The number of carbonyl (C=O) groups is 2. The van der Waals surface area contributed by atoms with Gasteiger partial charge in [-0.05, 0) is 48.7 Å². The van der Waals surface area contributed by atoms with Crippen LogP contribution < -0.4 is 10.6 Å². The molecule has 3 rings (SSSR count). The van der Waals surface area contributed by atoms with Crippen molar-refractivity contribution in [1.29, 1.82) is 0 Å². The smallest absolute Gasteiger partial charge is 0.252 e. The minimum absolute atomic E-state index is 0.117. The van der Waals surface area contributed by atoms with E-state index in [9.17, 15) is 9.59 Å². The molecule has 1 aromatic carbocycles. The molecule has 6 heteroatoms. The van der Waals surface area contributed by atoms with Crippen LogP contribution in [-0.2, 0) is 4.79 Å². The lowest BCUT2D eigenvalue weighted by molar-refractivity contribution is -0.124. The molecule has 2 N–H and O–H groups in total. The minimum atomic E-state index is -0.651. The predicted molar refractivity (Wildman–Crippen MR) is 108 cm³/mol. The highest BCUT2D eigenvalue weighted by molar-refractivity contribution is 7.98. The van der Waals surface area contributed by atoms with Crippen molar-refractivity contribution in [1.82, 2.24) is 10.6 Å². The molecule has 1 atom stereocenters. The van der Waals surface area contributed by atoms with Gasteiger partial charge < -0.3 is 10.6 Å². The number of benzene rings is 1. The number of rotatable bonds is 6. The lowest BCUT2D eigenvalue weighted by Crippen LogP contribution is -2.44. The van der Waals surface area contributed by atoms with Gasteiger partial charge in [0.25, 0.3) is 5.91 Å². The van der Waals surface area contributed by atoms with Crippen molar-refractivity contribution in [2.24, 2.45) is 0 Å². The minimum Gasteiger partial charge on any atom is -0.351 e. The Morgan fingerprint density at radius 1 is 1.15 bits per heavy atom. The first-order valence-corrected chi connectivity index (χ1v) is 11.1. The van der Waals surface area contributed by atoms with E-state index >= 15 is 0 Å². The van der Waals surface area contributed by atoms with Gasteiger partial charge in [0.1, 0.15) is 6.04 Å². The summed E-state index contributed by atoms with van der Waals surface area (Å²) in [5.74, 6) is -0.341. The molecule has 0 saturated heterocycles. The number of nitrogens with one attached hydrogen (secondary N) is 2. The quantitative estimate of drug-likeness (QED) is 0.722. The molecule has 4 nitrogen and oxygen atoms in total. The molecule has 0 radical (unpaired) electrons. The Balaban J connectivity index is 1.73. The van der Waals surface area contributed by atoms with Gasteiger partial charge in [0.05, 0.1) is 0 Å². The van der Waals surface area contributed by atoms with Crippen LogP contribution in [-0.4, -0.2) is 24.1 Å². The third kappa shape index (κ3) is 4.89. The highest BCUT2D eigenvalue weighted by atomic mass is 32.2. The molecule has 1 unspecified atom stereocenters. The molecule has 1 aliphatic rings. The van der Waals surface area contributed by atoms with Crippen LogP contribution in [0.3, 0.4) is 0 Å². The van der Waals surface area contributed by atoms with Gasteiger partial charge >= 0.3 is 0 Å². The average molecular weight is 389 g/mol. The molecule has 0 aliphatic heterocycles. The lowest BCUT2D eigenvalue weighted by Gasteiger charge is -2.25. The van der Waals surface area contributed by atoms with Crippen molar-refractivity contribution in [3.05, 3.63) is 52.2 Å². The van der Waals surface area contributed by atoms with Crippen molar-refractivity contribution in [2.75, 3.05) is 6.26 Å². The van der Waals surface area contributed by atoms with Crippen LogP contribution in [0.25, 0.3) is 0 Å². The summed E-state index contributed by atoms with van der Waals surface area (Å²) in [5, 5.41) is 7.99. The molecule has 0 bridgehead atoms. The molecule has 1 aromatic heterocycles. The van der Waals surface area contributed by atoms with E-state index in [1.165, 1.54) is 17.8 Å². The molecule has 0 spiro atoms. The summed E-state index contributed by atoms with van der Waals surface area (Å²) in [5.41, 5.74) is 0.573. The molecule has 138 valence electrons. The van der Waals surface area contributed by atoms with Gasteiger partial charge in [-0.3, -0.25) is 9.59 Å². The SMILES string of the molecule is CSc1cccc(C(=O)NC(C(=O)NC2CCCCC2)c2cccs2)c1. The molecule has 26 heavy (non-hydrogen) atoms. The summed E-state index contributed by atoms with van der Waals surface area (Å²) in [6.45, 7) is 0. The molecular weight excluding hydrogens is 364 g/mol. The monoisotopic (exact) mass is 388 g/mol. The maximum absolute atomic E-state index is 12.9. The van der Waals surface area contributed by atoms with Gasteiger partial charge in [-0.25, -0.2) is 0 Å². The molecule has 1 heterocycles. The van der Waals surface area contributed by atoms with Gasteiger partial charge in [0.2, 0.25) is 5.91 Å². The Labute approximate surface area is 162 Å². The average Bonchev–Trinajstić information content (AvgIpc) is 3.21. The lowest BCUT2D eigenvalue weighted by atomic mass is 9.95. The summed E-state index contributed by atoms with van der Waals surface area (Å²) >= 11 is 3.08. The van der Waals surface area contributed by atoms with Crippen LogP contribution in [0, 0.1) is 0 Å². The molecule has 1 aliphatic carbocycles. The van der Waals surface area contributed by atoms with Crippen molar-refractivity contribution >= 4 is 34.9 Å². The van der Waals surface area contributed by atoms with E-state index in [0.29, 0.717) is 5.56 Å². The van der Waals surface area contributed by atoms with Crippen LogP contribution >= 0.6 is 23.1 Å². The molecular formula is C20H24N2O2S2. The Morgan fingerprint density at radius 3 is 2.65 bits per heavy atom. The summed E-state index contributed by atoms with van der Waals surface area (Å²) in [6.07, 6.45) is 7.57. The van der Waals surface area contributed by atoms with Crippen molar-refractivity contribution in [3.63, 3.8) is 0 Å². The third-order valence-corrected chi connectivity index (χ3v) is 6.31. The first-order valence-electron chi connectivity index (χ1n) is 8.96. The number of carbonyl (C=O) groups excluding carboxylic acids is 2. The van der Waals surface area contributed by atoms with Crippen LogP contribution in [0.15, 0.2) is 46.7 Å². The van der Waals surface area contributed by atoms with Crippen LogP contribution in [0.2, 0.25) is 0 Å². The normalized spacial score (nSPS) is 16.0. The predicted octanol–water partition coefficient (Wildman–Crippen LogP) is 4.39. The Kier molecular flexibility index (Phi) is 6.74. The summed E-state index contributed by atoms with van der Waals surface area (Å²) in [6, 6.07) is 10.8. The van der Waals surface area contributed by atoms with Crippen molar-refractivity contribution in [3.8, 4) is 0 Å². The summed E-state index contributed by atoms with van der Waals surface area (Å²) < 4.78 is 0. The second-order valence-electron chi connectivity index (χ2n) is 6.50. The highest BCUT2D eigenvalue weighted by Crippen LogP contribution is 2.23. The van der Waals surface area contributed by atoms with E-state index in [4.69, 9.17) is 0 Å². The van der Waals surface area contributed by atoms with E-state index in [1.807, 2.05) is 42.0 Å². The number of hydrogen-bond acceptors (Lipinski definition) is 4. The number of thioether (sulfide) groups is 1. The largest absolute Gasteiger partial charge is 0.351 e. The zero-order valence-electron chi connectivity index (χ0n) is 14.9. The zero-order valence-corrected chi connectivity index (χ0v) is 16.5. The fraction of sp³-hybridized carbons (Fsp3) is 0.400. The van der Waals surface area contributed by atoms with Crippen molar-refractivity contribution < 1.29 is 9.59 Å². The van der Waals surface area contributed by atoms with Crippen LogP contribution in [0.1, 0.15) is 53.4 Å². The molecule has 2 aromatic rings. The Morgan fingerprint density at radius 2 is 1.96 bits per heavy atom. The topological polar surface area (TPSA) is 58.2 Å². The number of hydrogen-bond donors (Lipinski definition) is 2. The van der Waals surface area contributed by atoms with E-state index in [-0.39, 0.29) is 17.9 Å². The van der Waals surface area contributed by atoms with Crippen molar-refractivity contribution in [2.45, 2.75) is 49.1 Å². The second kappa shape index (κ2) is 9.24. The van der Waals surface area contributed by atoms with Gasteiger partial charge in [-0.15, -0.1) is 23.1 Å². The fourth-order valence-electron chi connectivity index (χ4n) is 3.23. The first kappa shape index (κ1) is 19.0. The zero-order chi connectivity index (χ0) is 18.4. The number of thiophene rings is 1. The standard InChI is InChI=1S/C20H24N2O2S2/c1-25-16-10-5-7-14(13-16)19(23)22-18(17-11-6-12-26-17)20(24)21-15-8-3-2-4-9-15/h5-7,10-13,15,18H,2-4,8-9H2,1H3,(H,21,24)(H,22,23). The Hall–Kier alpha value is -1.79. The van der Waals surface area contributed by atoms with Crippen LogP contribution in [0.4, 0.5) is 0 Å². The highest BCUT2D eigenvalue weighted by Gasteiger charge is 2.26. The van der Waals surface area contributed by atoms with Gasteiger partial charge in [0.15, 0.2) is 0 Å². The fourth-order valence-corrected chi connectivity index (χ4v) is 4.46. The van der Waals surface area contributed by atoms with Gasteiger partial charge in [0, 0.05) is 21.4 Å². The third-order valence-electron chi connectivity index (χ3n) is 4.65. The summed E-state index contributed by atoms with van der Waals surface area (Å²) in [7, 11) is 0. The van der Waals surface area contributed by atoms with Crippen LogP contribution in [0.5, 0.6) is 0 Å². The first-order chi connectivity index (χ1) is 12.7. The van der Waals surface area contributed by atoms with E-state index in [1.54, 1.807) is 17.8 Å². The maximum atomic E-state index is 12.9. The van der Waals surface area contributed by atoms with E-state index < -0.39 is 6.04 Å². The van der Waals surface area contributed by atoms with E-state index in [0.717, 1.165) is 35.5 Å². The molecule has 1 fully saturated rings. The van der Waals surface area contributed by atoms with Gasteiger partial charge in [-0.1, -0.05) is 31.4 Å². The summed E-state index contributed by atoms with van der Waals surface area (Å²) in [4.78, 5) is 27.5. The van der Waals surface area contributed by atoms with Gasteiger partial charge in [-0.2, -0.15) is 0 Å². The van der Waals surface area contributed by atoms with E-state index in [2.05, 4.69) is 10.6 Å². The second-order valence-corrected chi connectivity index (χ2v) is 8.36. The Bertz CT molecular complexity index is 740. The maximum Gasteiger partial charge on any atom is 0.252 e. The molecule has 1 saturated carbocycles. The molecule has 2 amide bonds.